The van der Waals surface area contributed by atoms with Gasteiger partial charge in [0.2, 0.25) is 5.91 Å². The number of benzene rings is 1. The van der Waals surface area contributed by atoms with E-state index in [2.05, 4.69) is 21.2 Å². The van der Waals surface area contributed by atoms with Crippen molar-refractivity contribution in [2.45, 2.75) is 32.2 Å². The molecule has 17 heavy (non-hydrogen) atoms. The molecule has 94 valence electrons. The number of rotatable bonds is 5. The van der Waals surface area contributed by atoms with Gasteiger partial charge in [0.25, 0.3) is 0 Å². The fraction of sp³-hybridized carbons (Fsp3) is 0.417. The second kappa shape index (κ2) is 6.61. The van der Waals surface area contributed by atoms with Gasteiger partial charge in [-0.15, -0.1) is 0 Å². The first kappa shape index (κ1) is 14.0. The Balaban J connectivity index is 2.48. The second-order valence-electron chi connectivity index (χ2n) is 4.05. The number of carbonyl (C=O) groups is 1. The van der Waals surface area contributed by atoms with Gasteiger partial charge in [0.1, 0.15) is 0 Å². The molecule has 0 aliphatic heterocycles. The monoisotopic (exact) mass is 300 g/mol. The summed E-state index contributed by atoms with van der Waals surface area (Å²) < 4.78 is 0.561. The van der Waals surface area contributed by atoms with E-state index in [9.17, 15) is 9.90 Å². The average Bonchev–Trinajstić information content (AvgIpc) is 2.24. The van der Waals surface area contributed by atoms with Crippen LogP contribution in [0.3, 0.4) is 0 Å². The molecule has 1 aromatic rings. The van der Waals surface area contributed by atoms with E-state index in [0.29, 0.717) is 16.6 Å². The van der Waals surface area contributed by atoms with Crippen LogP contribution in [-0.4, -0.2) is 17.1 Å². The summed E-state index contributed by atoms with van der Waals surface area (Å²) in [6, 6.07) is 5.23. The number of amides is 1. The molecular formula is C12H17BrN2O2. The molecule has 0 saturated carbocycles. The third-order valence-corrected chi connectivity index (χ3v) is 2.96. The van der Waals surface area contributed by atoms with Crippen molar-refractivity contribution in [2.75, 3.05) is 5.32 Å². The van der Waals surface area contributed by atoms with Gasteiger partial charge in [-0.2, -0.15) is 0 Å². The molecule has 4 N–H and O–H groups in total. The molecule has 0 saturated heterocycles. The van der Waals surface area contributed by atoms with E-state index in [4.69, 9.17) is 5.73 Å². The highest BCUT2D eigenvalue weighted by Crippen LogP contribution is 2.31. The summed E-state index contributed by atoms with van der Waals surface area (Å²) in [5, 5.41) is 12.3. The van der Waals surface area contributed by atoms with Crippen molar-refractivity contribution in [3.63, 3.8) is 0 Å². The predicted octanol–water partition coefficient (Wildman–Crippen LogP) is 2.61. The molecule has 0 heterocycles. The molecule has 1 atom stereocenters. The van der Waals surface area contributed by atoms with Crippen molar-refractivity contribution in [2.24, 2.45) is 5.73 Å². The highest BCUT2D eigenvalue weighted by Gasteiger charge is 2.08. The van der Waals surface area contributed by atoms with Crippen molar-refractivity contribution in [3.05, 3.63) is 22.7 Å². The Hall–Kier alpha value is -1.07. The molecule has 1 unspecified atom stereocenters. The minimum Gasteiger partial charge on any atom is -0.505 e. The van der Waals surface area contributed by atoms with Crippen molar-refractivity contribution in [1.29, 1.82) is 0 Å². The number of carbonyl (C=O) groups excluding carboxylic acids is 1. The molecule has 0 fully saturated rings. The molecular weight excluding hydrogens is 284 g/mol. The van der Waals surface area contributed by atoms with Gasteiger partial charge in [-0.1, -0.05) is 6.07 Å². The van der Waals surface area contributed by atoms with Crippen LogP contribution in [0.15, 0.2) is 22.7 Å². The largest absolute Gasteiger partial charge is 0.505 e. The highest BCUT2D eigenvalue weighted by atomic mass is 79.9. The smallest absolute Gasteiger partial charge is 0.224 e. The van der Waals surface area contributed by atoms with Gasteiger partial charge in [-0.3, -0.25) is 4.79 Å². The van der Waals surface area contributed by atoms with E-state index in [1.54, 1.807) is 18.2 Å². The lowest BCUT2D eigenvalue weighted by atomic mass is 10.1. The fourth-order valence-electron chi connectivity index (χ4n) is 1.41. The van der Waals surface area contributed by atoms with Gasteiger partial charge in [0.05, 0.1) is 10.2 Å². The van der Waals surface area contributed by atoms with E-state index < -0.39 is 0 Å². The number of phenolic OH excluding ortho intramolecular Hbond substituents is 1. The summed E-state index contributed by atoms with van der Waals surface area (Å²) in [6.45, 7) is 1.91. The van der Waals surface area contributed by atoms with Crippen LogP contribution in [0.2, 0.25) is 0 Å². The lowest BCUT2D eigenvalue weighted by Crippen LogP contribution is -2.16. The molecule has 0 aromatic heterocycles. The van der Waals surface area contributed by atoms with Crippen LogP contribution in [0.5, 0.6) is 5.75 Å². The van der Waals surface area contributed by atoms with Gasteiger partial charge in [-0.25, -0.2) is 0 Å². The zero-order valence-corrected chi connectivity index (χ0v) is 11.3. The molecule has 0 radical (unpaired) electrons. The number of para-hydroxylation sites is 1. The average molecular weight is 301 g/mol. The predicted molar refractivity (Wildman–Crippen MR) is 71.9 cm³/mol. The Labute approximate surface area is 109 Å². The van der Waals surface area contributed by atoms with Gasteiger partial charge >= 0.3 is 0 Å². The Morgan fingerprint density at radius 3 is 2.94 bits per heavy atom. The molecule has 4 nitrogen and oxygen atoms in total. The zero-order valence-electron chi connectivity index (χ0n) is 9.74. The molecule has 1 aromatic carbocycles. The molecule has 0 aliphatic carbocycles. The molecule has 0 bridgehead atoms. The van der Waals surface area contributed by atoms with Crippen LogP contribution < -0.4 is 11.1 Å². The summed E-state index contributed by atoms with van der Waals surface area (Å²) >= 11 is 3.19. The van der Waals surface area contributed by atoms with Crippen LogP contribution in [-0.2, 0) is 4.79 Å². The first-order valence-electron chi connectivity index (χ1n) is 5.53. The molecule has 0 spiro atoms. The fourth-order valence-corrected chi connectivity index (χ4v) is 1.78. The molecule has 5 heteroatoms. The minimum atomic E-state index is -0.112. The number of hydrogen-bond acceptors (Lipinski definition) is 3. The van der Waals surface area contributed by atoms with E-state index in [1.807, 2.05) is 6.92 Å². The van der Waals surface area contributed by atoms with E-state index >= 15 is 0 Å². The SMILES string of the molecule is CC(N)CCCC(=O)Nc1cccc(Br)c1O. The van der Waals surface area contributed by atoms with Gasteiger partial charge in [-0.05, 0) is 47.8 Å². The minimum absolute atomic E-state index is 0.0491. The summed E-state index contributed by atoms with van der Waals surface area (Å²) in [5.41, 5.74) is 6.02. The Morgan fingerprint density at radius 1 is 1.59 bits per heavy atom. The Kier molecular flexibility index (Phi) is 5.44. The Morgan fingerprint density at radius 2 is 2.29 bits per heavy atom. The van der Waals surface area contributed by atoms with Gasteiger partial charge in [0.15, 0.2) is 5.75 Å². The Bertz CT molecular complexity index is 394. The number of anilines is 1. The number of nitrogens with two attached hydrogens (primary N) is 1. The maximum absolute atomic E-state index is 11.6. The maximum Gasteiger partial charge on any atom is 0.224 e. The van der Waals surface area contributed by atoms with E-state index in [1.165, 1.54) is 0 Å². The molecule has 0 aliphatic rings. The van der Waals surface area contributed by atoms with Gasteiger partial charge < -0.3 is 16.2 Å². The van der Waals surface area contributed by atoms with Gasteiger partial charge in [0, 0.05) is 12.5 Å². The number of aromatic hydroxyl groups is 1. The van der Waals surface area contributed by atoms with Crippen molar-refractivity contribution in [1.82, 2.24) is 0 Å². The first-order valence-corrected chi connectivity index (χ1v) is 6.33. The summed E-state index contributed by atoms with van der Waals surface area (Å²) in [6.07, 6.45) is 1.98. The van der Waals surface area contributed by atoms with Crippen molar-refractivity contribution < 1.29 is 9.90 Å². The quantitative estimate of drug-likeness (QED) is 0.732. The van der Waals surface area contributed by atoms with Crippen LogP contribution in [0, 0.1) is 0 Å². The third kappa shape index (κ3) is 4.75. The summed E-state index contributed by atoms with van der Waals surface area (Å²) in [7, 11) is 0. The third-order valence-electron chi connectivity index (χ3n) is 2.32. The topological polar surface area (TPSA) is 75.4 Å². The van der Waals surface area contributed by atoms with Crippen molar-refractivity contribution in [3.8, 4) is 5.75 Å². The number of phenols is 1. The van der Waals surface area contributed by atoms with Crippen LogP contribution >= 0.6 is 15.9 Å². The van der Waals surface area contributed by atoms with Crippen LogP contribution in [0.25, 0.3) is 0 Å². The lowest BCUT2D eigenvalue weighted by Gasteiger charge is -2.09. The molecule has 1 amide bonds. The number of hydrogen-bond donors (Lipinski definition) is 3. The number of nitrogens with one attached hydrogen (secondary N) is 1. The highest BCUT2D eigenvalue weighted by molar-refractivity contribution is 9.10. The zero-order chi connectivity index (χ0) is 12.8. The van der Waals surface area contributed by atoms with Crippen LogP contribution in [0.4, 0.5) is 5.69 Å². The van der Waals surface area contributed by atoms with Crippen LogP contribution in [0.1, 0.15) is 26.2 Å². The van der Waals surface area contributed by atoms with E-state index in [0.717, 1.165) is 12.8 Å². The van der Waals surface area contributed by atoms with Crippen molar-refractivity contribution >= 4 is 27.5 Å². The second-order valence-corrected chi connectivity index (χ2v) is 4.91. The maximum atomic E-state index is 11.6. The lowest BCUT2D eigenvalue weighted by molar-refractivity contribution is -0.116. The molecule has 1 rings (SSSR count). The normalized spacial score (nSPS) is 12.2. The first-order chi connectivity index (χ1) is 8.00. The number of halogens is 1. The van der Waals surface area contributed by atoms with E-state index in [-0.39, 0.29) is 17.7 Å². The summed E-state index contributed by atoms with van der Waals surface area (Å²) in [5.74, 6) is -0.0629. The standard InChI is InChI=1S/C12H17BrN2O2/c1-8(14)4-2-7-11(16)15-10-6-3-5-9(13)12(10)17/h3,5-6,8,17H,2,4,7,14H2,1H3,(H,15,16). The summed E-state index contributed by atoms with van der Waals surface area (Å²) in [4.78, 5) is 11.6.